The van der Waals surface area contributed by atoms with E-state index in [1.165, 1.54) is 6.42 Å². The summed E-state index contributed by atoms with van der Waals surface area (Å²) in [6.45, 7) is 4.29. The van der Waals surface area contributed by atoms with E-state index in [1.54, 1.807) is 0 Å². The van der Waals surface area contributed by atoms with Crippen LogP contribution in [0.5, 0.6) is 0 Å². The molecule has 3 N–H and O–H groups in total. The van der Waals surface area contributed by atoms with E-state index < -0.39 is 0 Å². The standard InChI is InChI=1S/C13H25N3O2/c14-13(17)10-16(11-3-6-15-7-4-11)8-5-12-2-1-9-18-12/h11-12,15H,1-10H2,(H2,14,17). The number of piperidine rings is 1. The minimum Gasteiger partial charge on any atom is -0.378 e. The maximum atomic E-state index is 11.2. The van der Waals surface area contributed by atoms with Crippen LogP contribution in [0.1, 0.15) is 32.1 Å². The number of hydrogen-bond acceptors (Lipinski definition) is 4. The van der Waals surface area contributed by atoms with Gasteiger partial charge in [0, 0.05) is 19.2 Å². The first-order valence-corrected chi connectivity index (χ1v) is 7.10. The molecule has 104 valence electrons. The number of amides is 1. The Kier molecular flexibility index (Phi) is 5.41. The monoisotopic (exact) mass is 255 g/mol. The number of primary amides is 1. The normalized spacial score (nSPS) is 25.7. The third-order valence-electron chi connectivity index (χ3n) is 3.95. The van der Waals surface area contributed by atoms with E-state index in [0.29, 0.717) is 18.7 Å². The summed E-state index contributed by atoms with van der Waals surface area (Å²) in [6.07, 6.45) is 5.97. The van der Waals surface area contributed by atoms with Crippen LogP contribution >= 0.6 is 0 Å². The average Bonchev–Trinajstić information content (AvgIpc) is 2.88. The van der Waals surface area contributed by atoms with Gasteiger partial charge in [-0.15, -0.1) is 0 Å². The summed E-state index contributed by atoms with van der Waals surface area (Å²) in [5.74, 6) is -0.221. The fourth-order valence-electron chi connectivity index (χ4n) is 2.94. The number of hydrogen-bond donors (Lipinski definition) is 2. The average molecular weight is 255 g/mol. The molecular formula is C13H25N3O2. The highest BCUT2D eigenvalue weighted by Gasteiger charge is 2.24. The second-order valence-electron chi connectivity index (χ2n) is 5.34. The first-order valence-electron chi connectivity index (χ1n) is 7.10. The molecular weight excluding hydrogens is 230 g/mol. The Morgan fingerprint density at radius 3 is 2.72 bits per heavy atom. The number of carbonyl (C=O) groups is 1. The fourth-order valence-corrected chi connectivity index (χ4v) is 2.94. The van der Waals surface area contributed by atoms with Crippen molar-refractivity contribution in [3.05, 3.63) is 0 Å². The number of nitrogens with zero attached hydrogens (tertiary/aromatic N) is 1. The lowest BCUT2D eigenvalue weighted by atomic mass is 10.0. The molecule has 0 bridgehead atoms. The summed E-state index contributed by atoms with van der Waals surface area (Å²) in [4.78, 5) is 13.4. The van der Waals surface area contributed by atoms with E-state index in [4.69, 9.17) is 10.5 Å². The van der Waals surface area contributed by atoms with Gasteiger partial charge in [0.25, 0.3) is 0 Å². The van der Waals surface area contributed by atoms with Crippen LogP contribution in [0.15, 0.2) is 0 Å². The molecule has 18 heavy (non-hydrogen) atoms. The fraction of sp³-hybridized carbons (Fsp3) is 0.923. The van der Waals surface area contributed by atoms with Gasteiger partial charge in [0.1, 0.15) is 0 Å². The number of rotatable bonds is 6. The Hall–Kier alpha value is -0.650. The predicted molar refractivity (Wildman–Crippen MR) is 70.3 cm³/mol. The molecule has 0 aromatic heterocycles. The zero-order chi connectivity index (χ0) is 12.8. The van der Waals surface area contributed by atoms with Crippen molar-refractivity contribution >= 4 is 5.91 Å². The van der Waals surface area contributed by atoms with E-state index in [0.717, 1.165) is 51.9 Å². The molecule has 5 nitrogen and oxygen atoms in total. The molecule has 2 fully saturated rings. The summed E-state index contributed by atoms with van der Waals surface area (Å²) in [5.41, 5.74) is 5.36. The van der Waals surface area contributed by atoms with E-state index in [9.17, 15) is 4.79 Å². The molecule has 1 unspecified atom stereocenters. The quantitative estimate of drug-likeness (QED) is 0.706. The lowest BCUT2D eigenvalue weighted by Crippen LogP contribution is -2.47. The molecule has 0 spiro atoms. The van der Waals surface area contributed by atoms with Crippen LogP contribution in [0.4, 0.5) is 0 Å². The van der Waals surface area contributed by atoms with Crippen molar-refractivity contribution in [2.45, 2.75) is 44.2 Å². The number of ether oxygens (including phenoxy) is 1. The highest BCUT2D eigenvalue weighted by molar-refractivity contribution is 5.75. The Morgan fingerprint density at radius 1 is 1.33 bits per heavy atom. The van der Waals surface area contributed by atoms with Crippen LogP contribution in [-0.4, -0.2) is 55.7 Å². The predicted octanol–water partition coefficient (Wildman–Crippen LogP) is 0.0948. The van der Waals surface area contributed by atoms with Crippen LogP contribution in [0.2, 0.25) is 0 Å². The molecule has 0 aromatic carbocycles. The summed E-state index contributed by atoms with van der Waals surface area (Å²) in [5, 5.41) is 3.35. The van der Waals surface area contributed by atoms with E-state index in [1.807, 2.05) is 0 Å². The van der Waals surface area contributed by atoms with Crippen LogP contribution in [0, 0.1) is 0 Å². The zero-order valence-electron chi connectivity index (χ0n) is 11.1. The van der Waals surface area contributed by atoms with Gasteiger partial charge >= 0.3 is 0 Å². The molecule has 2 aliphatic heterocycles. The largest absolute Gasteiger partial charge is 0.378 e. The third-order valence-corrected chi connectivity index (χ3v) is 3.95. The molecule has 2 saturated heterocycles. The Labute approximate surface area is 109 Å². The van der Waals surface area contributed by atoms with E-state index in [2.05, 4.69) is 10.2 Å². The van der Waals surface area contributed by atoms with Crippen LogP contribution < -0.4 is 11.1 Å². The lowest BCUT2D eigenvalue weighted by molar-refractivity contribution is -0.120. The molecule has 2 aliphatic rings. The van der Waals surface area contributed by atoms with Gasteiger partial charge < -0.3 is 15.8 Å². The first kappa shape index (κ1) is 13.8. The van der Waals surface area contributed by atoms with Crippen molar-refractivity contribution in [3.63, 3.8) is 0 Å². The van der Waals surface area contributed by atoms with Crippen molar-refractivity contribution in [1.29, 1.82) is 0 Å². The van der Waals surface area contributed by atoms with Gasteiger partial charge in [-0.1, -0.05) is 0 Å². The lowest BCUT2D eigenvalue weighted by Gasteiger charge is -2.34. The van der Waals surface area contributed by atoms with Gasteiger partial charge in [-0.25, -0.2) is 0 Å². The topological polar surface area (TPSA) is 67.6 Å². The highest BCUT2D eigenvalue weighted by Crippen LogP contribution is 2.18. The molecule has 0 radical (unpaired) electrons. The molecule has 2 heterocycles. The van der Waals surface area contributed by atoms with Crippen LogP contribution in [0.25, 0.3) is 0 Å². The van der Waals surface area contributed by atoms with Gasteiger partial charge in [0.15, 0.2) is 0 Å². The van der Waals surface area contributed by atoms with E-state index >= 15 is 0 Å². The Morgan fingerprint density at radius 2 is 2.11 bits per heavy atom. The number of nitrogens with one attached hydrogen (secondary N) is 1. The maximum Gasteiger partial charge on any atom is 0.231 e. The minimum atomic E-state index is -0.221. The van der Waals surface area contributed by atoms with Gasteiger partial charge in [-0.3, -0.25) is 9.69 Å². The molecule has 1 amide bonds. The number of nitrogens with two attached hydrogens (primary N) is 1. The minimum absolute atomic E-state index is 0.221. The van der Waals surface area contributed by atoms with Crippen molar-refractivity contribution in [2.24, 2.45) is 5.73 Å². The Balaban J connectivity index is 1.80. The van der Waals surface area contributed by atoms with Crippen molar-refractivity contribution in [3.8, 4) is 0 Å². The van der Waals surface area contributed by atoms with Gasteiger partial charge in [0.05, 0.1) is 12.6 Å². The maximum absolute atomic E-state index is 11.2. The van der Waals surface area contributed by atoms with Gasteiger partial charge in [-0.2, -0.15) is 0 Å². The Bertz CT molecular complexity index is 261. The summed E-state index contributed by atoms with van der Waals surface area (Å²) >= 11 is 0. The zero-order valence-corrected chi connectivity index (χ0v) is 11.1. The first-order chi connectivity index (χ1) is 8.75. The van der Waals surface area contributed by atoms with E-state index in [-0.39, 0.29) is 5.91 Å². The molecule has 0 aliphatic carbocycles. The van der Waals surface area contributed by atoms with Gasteiger partial charge in [0.2, 0.25) is 5.91 Å². The third kappa shape index (κ3) is 4.23. The molecule has 0 saturated carbocycles. The summed E-state index contributed by atoms with van der Waals surface area (Å²) in [7, 11) is 0. The summed E-state index contributed by atoms with van der Waals surface area (Å²) in [6, 6.07) is 0.500. The van der Waals surface area contributed by atoms with Crippen LogP contribution in [0.3, 0.4) is 0 Å². The van der Waals surface area contributed by atoms with Crippen molar-refractivity contribution in [1.82, 2.24) is 10.2 Å². The summed E-state index contributed by atoms with van der Waals surface area (Å²) < 4.78 is 5.64. The SMILES string of the molecule is NC(=O)CN(CCC1CCCO1)C1CCNCC1. The van der Waals surface area contributed by atoms with Crippen LogP contribution in [-0.2, 0) is 9.53 Å². The molecule has 0 aromatic rings. The second-order valence-corrected chi connectivity index (χ2v) is 5.34. The van der Waals surface area contributed by atoms with Crippen molar-refractivity contribution in [2.75, 3.05) is 32.8 Å². The van der Waals surface area contributed by atoms with Gasteiger partial charge in [-0.05, 0) is 45.2 Å². The molecule has 5 heteroatoms. The molecule has 1 atom stereocenters. The molecule has 2 rings (SSSR count). The smallest absolute Gasteiger partial charge is 0.231 e. The highest BCUT2D eigenvalue weighted by atomic mass is 16.5. The van der Waals surface area contributed by atoms with Crippen molar-refractivity contribution < 1.29 is 9.53 Å². The second kappa shape index (κ2) is 7.07. The number of carbonyl (C=O) groups excluding carboxylic acids is 1.